The van der Waals surface area contributed by atoms with E-state index in [1.54, 1.807) is 6.07 Å². The van der Waals surface area contributed by atoms with Gasteiger partial charge in [0.05, 0.1) is 11.3 Å². The normalized spacial score (nSPS) is 10.7. The predicted octanol–water partition coefficient (Wildman–Crippen LogP) is 2.40. The van der Waals surface area contributed by atoms with Crippen molar-refractivity contribution in [2.75, 3.05) is 5.73 Å². The third-order valence-corrected chi connectivity index (χ3v) is 2.82. The third-order valence-electron chi connectivity index (χ3n) is 2.82. The van der Waals surface area contributed by atoms with Crippen molar-refractivity contribution in [2.45, 2.75) is 0 Å². The molecule has 2 aromatic heterocycles. The number of benzene rings is 1. The lowest BCUT2D eigenvalue weighted by atomic mass is 10.1. The van der Waals surface area contributed by atoms with Gasteiger partial charge in [-0.3, -0.25) is 4.79 Å². The van der Waals surface area contributed by atoms with Crippen LogP contribution < -0.4 is 5.73 Å². The van der Waals surface area contributed by atoms with E-state index in [0.29, 0.717) is 16.9 Å². The Morgan fingerprint density at radius 3 is 2.89 bits per heavy atom. The van der Waals surface area contributed by atoms with E-state index in [0.717, 1.165) is 17.5 Å². The molecule has 0 aliphatic carbocycles. The molecule has 3 rings (SSSR count). The molecule has 4 nitrogen and oxygen atoms in total. The van der Waals surface area contributed by atoms with Crippen molar-refractivity contribution in [2.24, 2.45) is 0 Å². The van der Waals surface area contributed by atoms with Gasteiger partial charge in [0, 0.05) is 23.6 Å². The number of aromatic nitrogens is 2. The number of pyridine rings is 1. The van der Waals surface area contributed by atoms with Crippen molar-refractivity contribution < 1.29 is 4.79 Å². The molecule has 0 unspecified atom stereocenters. The molecule has 0 aliphatic heterocycles. The first-order valence-corrected chi connectivity index (χ1v) is 5.57. The first-order chi connectivity index (χ1) is 8.78. The maximum absolute atomic E-state index is 10.9. The molecule has 0 aliphatic rings. The third kappa shape index (κ3) is 1.64. The molecule has 0 saturated carbocycles. The second kappa shape index (κ2) is 4.00. The van der Waals surface area contributed by atoms with Gasteiger partial charge in [0.1, 0.15) is 5.65 Å². The Morgan fingerprint density at radius 1 is 1.22 bits per heavy atom. The quantitative estimate of drug-likeness (QED) is 0.550. The molecule has 2 heterocycles. The van der Waals surface area contributed by atoms with E-state index in [9.17, 15) is 4.79 Å². The second-order valence-corrected chi connectivity index (χ2v) is 4.06. The zero-order valence-corrected chi connectivity index (χ0v) is 9.58. The van der Waals surface area contributed by atoms with Crippen LogP contribution in [0.2, 0.25) is 0 Å². The number of hydrogen-bond donors (Lipinski definition) is 1. The summed E-state index contributed by atoms with van der Waals surface area (Å²) in [6.45, 7) is 0. The lowest BCUT2D eigenvalue weighted by Crippen LogP contribution is -1.88. The van der Waals surface area contributed by atoms with Gasteiger partial charge in [-0.25, -0.2) is 4.98 Å². The Hall–Kier alpha value is -2.62. The number of anilines is 1. The van der Waals surface area contributed by atoms with E-state index in [1.165, 1.54) is 0 Å². The van der Waals surface area contributed by atoms with E-state index in [2.05, 4.69) is 4.98 Å². The van der Waals surface area contributed by atoms with Gasteiger partial charge < -0.3 is 10.1 Å². The average molecular weight is 237 g/mol. The fourth-order valence-electron chi connectivity index (χ4n) is 1.96. The van der Waals surface area contributed by atoms with Crippen LogP contribution in [0.3, 0.4) is 0 Å². The molecule has 0 radical (unpaired) electrons. The first kappa shape index (κ1) is 10.5. The molecule has 0 bridgehead atoms. The Bertz CT molecular complexity index is 731. The molecular formula is C14H11N3O. The van der Waals surface area contributed by atoms with Crippen LogP contribution in [0.5, 0.6) is 0 Å². The number of nitrogens with zero attached hydrogens (tertiary/aromatic N) is 2. The maximum Gasteiger partial charge on any atom is 0.153 e. The van der Waals surface area contributed by atoms with E-state index in [-0.39, 0.29) is 0 Å². The van der Waals surface area contributed by atoms with Crippen molar-refractivity contribution in [3.05, 3.63) is 54.4 Å². The average Bonchev–Trinajstić information content (AvgIpc) is 2.82. The number of imidazole rings is 1. The summed E-state index contributed by atoms with van der Waals surface area (Å²) in [4.78, 5) is 15.4. The van der Waals surface area contributed by atoms with E-state index in [4.69, 9.17) is 5.73 Å². The summed E-state index contributed by atoms with van der Waals surface area (Å²) in [5.41, 5.74) is 9.43. The fraction of sp³-hybridized carbons (Fsp3) is 0. The molecule has 4 heteroatoms. The van der Waals surface area contributed by atoms with Gasteiger partial charge in [-0.15, -0.1) is 0 Å². The van der Waals surface area contributed by atoms with Gasteiger partial charge >= 0.3 is 0 Å². The Morgan fingerprint density at radius 2 is 2.11 bits per heavy atom. The number of aldehydes is 1. The summed E-state index contributed by atoms with van der Waals surface area (Å²) < 4.78 is 1.84. The van der Waals surface area contributed by atoms with Crippen LogP contribution in [0.1, 0.15) is 10.4 Å². The van der Waals surface area contributed by atoms with Crippen LogP contribution >= 0.6 is 0 Å². The summed E-state index contributed by atoms with van der Waals surface area (Å²) in [5, 5.41) is 0. The second-order valence-electron chi connectivity index (χ2n) is 4.06. The van der Waals surface area contributed by atoms with E-state index in [1.807, 2.05) is 47.1 Å². The fourth-order valence-corrected chi connectivity index (χ4v) is 1.96. The summed E-state index contributed by atoms with van der Waals surface area (Å²) in [5.74, 6) is 0. The standard InChI is InChI=1S/C14H11N3O/c15-12-5-1-3-10(7-12)13-8-17-6-2-4-11(9-18)14(17)16-13/h1-9H,15H2. The smallest absolute Gasteiger partial charge is 0.153 e. The van der Waals surface area contributed by atoms with Crippen molar-refractivity contribution in [1.82, 2.24) is 9.38 Å². The summed E-state index contributed by atoms with van der Waals surface area (Å²) in [6, 6.07) is 11.1. The predicted molar refractivity (Wildman–Crippen MR) is 70.4 cm³/mol. The van der Waals surface area contributed by atoms with Gasteiger partial charge in [-0.05, 0) is 24.3 Å². The Labute approximate surface area is 104 Å². The number of carbonyl (C=O) groups excluding carboxylic acids is 1. The zero-order valence-electron chi connectivity index (χ0n) is 9.58. The van der Waals surface area contributed by atoms with Crippen LogP contribution in [0.4, 0.5) is 5.69 Å². The minimum absolute atomic E-state index is 0.577. The van der Waals surface area contributed by atoms with Crippen LogP contribution in [0, 0.1) is 0 Å². The molecule has 0 atom stereocenters. The molecular weight excluding hydrogens is 226 g/mol. The van der Waals surface area contributed by atoms with Crippen molar-refractivity contribution in [1.29, 1.82) is 0 Å². The molecule has 18 heavy (non-hydrogen) atoms. The molecule has 0 fully saturated rings. The maximum atomic E-state index is 10.9. The van der Waals surface area contributed by atoms with E-state index < -0.39 is 0 Å². The molecule has 1 aromatic carbocycles. The lowest BCUT2D eigenvalue weighted by molar-refractivity contribution is 0.112. The van der Waals surface area contributed by atoms with Crippen LogP contribution in [0.25, 0.3) is 16.9 Å². The highest BCUT2D eigenvalue weighted by atomic mass is 16.1. The number of nitrogen functional groups attached to an aromatic ring is 1. The van der Waals surface area contributed by atoms with Crippen LogP contribution in [-0.2, 0) is 0 Å². The minimum atomic E-state index is 0.577. The Balaban J connectivity index is 2.22. The van der Waals surface area contributed by atoms with Gasteiger partial charge in [-0.2, -0.15) is 0 Å². The molecule has 88 valence electrons. The molecule has 3 aromatic rings. The lowest BCUT2D eigenvalue weighted by Gasteiger charge is -1.96. The number of nitrogens with two attached hydrogens (primary N) is 1. The number of hydrogen-bond acceptors (Lipinski definition) is 3. The number of rotatable bonds is 2. The summed E-state index contributed by atoms with van der Waals surface area (Å²) in [6.07, 6.45) is 4.56. The Kier molecular flexibility index (Phi) is 2.34. The van der Waals surface area contributed by atoms with Gasteiger partial charge in [-0.1, -0.05) is 12.1 Å². The van der Waals surface area contributed by atoms with Gasteiger partial charge in [0.2, 0.25) is 0 Å². The largest absolute Gasteiger partial charge is 0.399 e. The van der Waals surface area contributed by atoms with Crippen molar-refractivity contribution in [3.8, 4) is 11.3 Å². The van der Waals surface area contributed by atoms with Gasteiger partial charge in [0.15, 0.2) is 6.29 Å². The van der Waals surface area contributed by atoms with Gasteiger partial charge in [0.25, 0.3) is 0 Å². The van der Waals surface area contributed by atoms with Crippen LogP contribution in [0.15, 0.2) is 48.8 Å². The highest BCUT2D eigenvalue weighted by Gasteiger charge is 2.07. The number of carbonyl (C=O) groups is 1. The molecule has 0 spiro atoms. The van der Waals surface area contributed by atoms with Crippen molar-refractivity contribution >= 4 is 17.6 Å². The molecule has 0 amide bonds. The number of fused-ring (bicyclic) bond motifs is 1. The topological polar surface area (TPSA) is 60.4 Å². The summed E-state index contributed by atoms with van der Waals surface area (Å²) in [7, 11) is 0. The van der Waals surface area contributed by atoms with E-state index >= 15 is 0 Å². The highest BCUT2D eigenvalue weighted by molar-refractivity contribution is 5.85. The van der Waals surface area contributed by atoms with Crippen LogP contribution in [-0.4, -0.2) is 15.7 Å². The highest BCUT2D eigenvalue weighted by Crippen LogP contribution is 2.22. The minimum Gasteiger partial charge on any atom is -0.399 e. The molecule has 0 saturated heterocycles. The zero-order chi connectivity index (χ0) is 12.5. The summed E-state index contributed by atoms with van der Waals surface area (Å²) >= 11 is 0. The monoisotopic (exact) mass is 237 g/mol. The SMILES string of the molecule is Nc1cccc(-c2cn3cccc(C=O)c3n2)c1. The first-order valence-electron chi connectivity index (χ1n) is 5.57. The van der Waals surface area contributed by atoms with Crippen molar-refractivity contribution in [3.63, 3.8) is 0 Å². The molecule has 2 N–H and O–H groups in total.